The lowest BCUT2D eigenvalue weighted by molar-refractivity contribution is -0.142. The van der Waals surface area contributed by atoms with Gasteiger partial charge in [0.15, 0.2) is 5.76 Å². The van der Waals surface area contributed by atoms with Gasteiger partial charge in [0.1, 0.15) is 5.76 Å². The summed E-state index contributed by atoms with van der Waals surface area (Å²) in [7, 11) is -3.35. The second kappa shape index (κ2) is 6.21. The normalized spacial score (nSPS) is 24.3. The average molecular weight is 356 g/mol. The topological polar surface area (TPSA) is 117 Å². The van der Waals surface area contributed by atoms with Crippen molar-refractivity contribution in [2.75, 3.05) is 19.3 Å². The molecule has 1 aliphatic heterocycles. The van der Waals surface area contributed by atoms with E-state index in [2.05, 4.69) is 4.72 Å². The predicted octanol–water partition coefficient (Wildman–Crippen LogP) is 0.512. The molecule has 0 aromatic carbocycles. The molecule has 1 aromatic rings. The van der Waals surface area contributed by atoms with Crippen LogP contribution in [0.25, 0.3) is 0 Å². The summed E-state index contributed by atoms with van der Waals surface area (Å²) in [6, 6.07) is 3.02. The zero-order valence-corrected chi connectivity index (χ0v) is 14.1. The maximum atomic E-state index is 12.5. The molecule has 132 valence electrons. The van der Waals surface area contributed by atoms with Gasteiger partial charge in [-0.2, -0.15) is 0 Å². The highest BCUT2D eigenvalue weighted by molar-refractivity contribution is 7.88. The average Bonchev–Trinajstić information content (AvgIpc) is 3.07. The van der Waals surface area contributed by atoms with Gasteiger partial charge in [-0.05, 0) is 36.8 Å². The van der Waals surface area contributed by atoms with E-state index in [9.17, 15) is 23.1 Å². The third kappa shape index (κ3) is 3.78. The van der Waals surface area contributed by atoms with Gasteiger partial charge in [0.2, 0.25) is 10.0 Å². The first-order valence-electron chi connectivity index (χ1n) is 7.80. The van der Waals surface area contributed by atoms with Crippen molar-refractivity contribution in [2.24, 2.45) is 17.8 Å². The lowest BCUT2D eigenvalue weighted by atomic mass is 9.92. The number of rotatable bonds is 6. The summed E-state index contributed by atoms with van der Waals surface area (Å²) in [5.41, 5.74) is 0. The van der Waals surface area contributed by atoms with Crippen LogP contribution < -0.4 is 4.72 Å². The van der Waals surface area contributed by atoms with E-state index in [4.69, 9.17) is 4.42 Å². The molecule has 2 heterocycles. The van der Waals surface area contributed by atoms with E-state index < -0.39 is 21.9 Å². The Kier molecular flexibility index (Phi) is 4.39. The molecule has 0 radical (unpaired) electrons. The van der Waals surface area contributed by atoms with Crippen molar-refractivity contribution in [2.45, 2.75) is 19.4 Å². The third-order valence-corrected chi connectivity index (χ3v) is 5.25. The SMILES string of the molecule is CS(=O)(=O)NCc1ccc(C(=O)N2C[C@H](C(=O)O)[C@@H](C3CC3)C2)o1. The first kappa shape index (κ1) is 17.0. The number of nitrogens with one attached hydrogen (secondary N) is 1. The van der Waals surface area contributed by atoms with Crippen LogP contribution in [0.5, 0.6) is 0 Å². The summed E-state index contributed by atoms with van der Waals surface area (Å²) < 4.78 is 29.8. The fraction of sp³-hybridized carbons (Fsp3) is 0.600. The van der Waals surface area contributed by atoms with Gasteiger partial charge in [0.05, 0.1) is 18.7 Å². The van der Waals surface area contributed by atoms with Crippen molar-refractivity contribution < 1.29 is 27.5 Å². The second-order valence-electron chi connectivity index (χ2n) is 6.52. The van der Waals surface area contributed by atoms with Gasteiger partial charge in [-0.1, -0.05) is 0 Å². The Bertz CT molecular complexity index is 752. The van der Waals surface area contributed by atoms with E-state index in [1.165, 1.54) is 17.0 Å². The first-order valence-corrected chi connectivity index (χ1v) is 9.69. The van der Waals surface area contributed by atoms with Crippen molar-refractivity contribution in [1.82, 2.24) is 9.62 Å². The molecule has 2 atom stereocenters. The van der Waals surface area contributed by atoms with Crippen LogP contribution in [-0.2, 0) is 21.4 Å². The summed E-state index contributed by atoms with van der Waals surface area (Å²) in [6.45, 7) is 0.583. The minimum Gasteiger partial charge on any atom is -0.481 e. The van der Waals surface area contributed by atoms with Gasteiger partial charge in [-0.15, -0.1) is 0 Å². The monoisotopic (exact) mass is 356 g/mol. The summed E-state index contributed by atoms with van der Waals surface area (Å²) in [6.07, 6.45) is 3.09. The zero-order valence-electron chi connectivity index (χ0n) is 13.3. The number of hydrogen-bond donors (Lipinski definition) is 2. The van der Waals surface area contributed by atoms with Gasteiger partial charge >= 0.3 is 5.97 Å². The van der Waals surface area contributed by atoms with Crippen molar-refractivity contribution in [3.05, 3.63) is 23.7 Å². The fourth-order valence-corrected chi connectivity index (χ4v) is 3.61. The summed E-state index contributed by atoms with van der Waals surface area (Å²) in [5.74, 6) is -0.905. The van der Waals surface area contributed by atoms with Crippen molar-refractivity contribution in [3.8, 4) is 0 Å². The van der Waals surface area contributed by atoms with E-state index in [-0.39, 0.29) is 30.7 Å². The maximum Gasteiger partial charge on any atom is 0.308 e. The zero-order chi connectivity index (χ0) is 17.5. The highest BCUT2D eigenvalue weighted by atomic mass is 32.2. The molecule has 1 amide bonds. The van der Waals surface area contributed by atoms with Gasteiger partial charge < -0.3 is 14.4 Å². The maximum absolute atomic E-state index is 12.5. The number of carboxylic acid groups (broad SMARTS) is 1. The number of carbonyl (C=O) groups excluding carboxylic acids is 1. The number of likely N-dealkylation sites (tertiary alicyclic amines) is 1. The fourth-order valence-electron chi connectivity index (χ4n) is 3.20. The molecule has 1 aromatic heterocycles. The lowest BCUT2D eigenvalue weighted by Gasteiger charge is -2.14. The standard InChI is InChI=1S/C15H20N2O6S/c1-24(21,22)16-6-10-4-5-13(23-10)14(18)17-7-11(9-2-3-9)12(8-17)15(19)20/h4-5,9,11-12,16H,2-3,6-8H2,1H3,(H,19,20)/t11-,12+/m1/s1. The number of aliphatic carboxylic acids is 1. The smallest absolute Gasteiger partial charge is 0.308 e. The van der Waals surface area contributed by atoms with E-state index in [0.29, 0.717) is 18.2 Å². The Balaban J connectivity index is 1.66. The molecular weight excluding hydrogens is 336 g/mol. The summed E-state index contributed by atoms with van der Waals surface area (Å²) in [4.78, 5) is 25.4. The molecule has 2 N–H and O–H groups in total. The van der Waals surface area contributed by atoms with Gasteiger partial charge in [0.25, 0.3) is 5.91 Å². The van der Waals surface area contributed by atoms with Gasteiger partial charge in [-0.25, -0.2) is 13.1 Å². The lowest BCUT2D eigenvalue weighted by Crippen LogP contribution is -2.29. The van der Waals surface area contributed by atoms with Gasteiger partial charge in [-0.3, -0.25) is 9.59 Å². The number of hydrogen-bond acceptors (Lipinski definition) is 5. The van der Waals surface area contributed by atoms with Crippen LogP contribution in [-0.4, -0.2) is 49.6 Å². The molecule has 9 heteroatoms. The largest absolute Gasteiger partial charge is 0.481 e. The molecule has 2 fully saturated rings. The Morgan fingerprint density at radius 3 is 2.62 bits per heavy atom. The number of amides is 1. The number of carbonyl (C=O) groups is 2. The van der Waals surface area contributed by atoms with Crippen LogP contribution in [0.15, 0.2) is 16.5 Å². The second-order valence-corrected chi connectivity index (χ2v) is 8.35. The molecule has 3 rings (SSSR count). The van der Waals surface area contributed by atoms with Crippen molar-refractivity contribution in [3.63, 3.8) is 0 Å². The molecule has 8 nitrogen and oxygen atoms in total. The molecular formula is C15H20N2O6S. The summed E-state index contributed by atoms with van der Waals surface area (Å²) >= 11 is 0. The molecule has 0 spiro atoms. The highest BCUT2D eigenvalue weighted by Gasteiger charge is 2.47. The summed E-state index contributed by atoms with van der Waals surface area (Å²) in [5, 5.41) is 9.35. The van der Waals surface area contributed by atoms with Crippen molar-refractivity contribution in [1.29, 1.82) is 0 Å². The quantitative estimate of drug-likeness (QED) is 0.767. The molecule has 24 heavy (non-hydrogen) atoms. The number of furan rings is 1. The molecule has 0 unspecified atom stereocenters. The van der Waals surface area contributed by atoms with Crippen molar-refractivity contribution >= 4 is 21.9 Å². The molecule has 1 saturated heterocycles. The van der Waals surface area contributed by atoms with Crippen LogP contribution in [0.1, 0.15) is 29.2 Å². The number of sulfonamides is 1. The Hall–Kier alpha value is -1.87. The predicted molar refractivity (Wildman–Crippen MR) is 83.6 cm³/mol. The van der Waals surface area contributed by atoms with Crippen LogP contribution in [0.3, 0.4) is 0 Å². The molecule has 1 saturated carbocycles. The van der Waals surface area contributed by atoms with Gasteiger partial charge in [0, 0.05) is 13.1 Å². The van der Waals surface area contributed by atoms with E-state index in [0.717, 1.165) is 19.1 Å². The third-order valence-electron chi connectivity index (χ3n) is 4.58. The first-order chi connectivity index (χ1) is 11.2. The number of carboxylic acids is 1. The minimum atomic E-state index is -3.35. The molecule has 2 aliphatic rings. The Labute approximate surface area is 139 Å². The van der Waals surface area contributed by atoms with Crippen LogP contribution in [0.4, 0.5) is 0 Å². The van der Waals surface area contributed by atoms with E-state index >= 15 is 0 Å². The molecule has 0 bridgehead atoms. The number of nitrogens with zero attached hydrogens (tertiary/aromatic N) is 1. The highest BCUT2D eigenvalue weighted by Crippen LogP contribution is 2.44. The van der Waals surface area contributed by atoms with E-state index in [1.54, 1.807) is 0 Å². The Morgan fingerprint density at radius 2 is 2.04 bits per heavy atom. The van der Waals surface area contributed by atoms with E-state index in [1.807, 2.05) is 0 Å². The Morgan fingerprint density at radius 1 is 1.33 bits per heavy atom. The van der Waals surface area contributed by atoms with Crippen LogP contribution in [0, 0.1) is 17.8 Å². The van der Waals surface area contributed by atoms with Crippen LogP contribution in [0.2, 0.25) is 0 Å². The minimum absolute atomic E-state index is 0.00721. The molecule has 1 aliphatic carbocycles. The van der Waals surface area contributed by atoms with Crippen LogP contribution >= 0.6 is 0 Å².